The van der Waals surface area contributed by atoms with Crippen molar-refractivity contribution in [3.05, 3.63) is 63.1 Å². The van der Waals surface area contributed by atoms with Crippen LogP contribution in [0.2, 0.25) is 0 Å². The molecule has 10 heteroatoms. The summed E-state index contributed by atoms with van der Waals surface area (Å²) in [6.45, 7) is 7.93. The van der Waals surface area contributed by atoms with E-state index in [2.05, 4.69) is 5.32 Å². The van der Waals surface area contributed by atoms with Crippen LogP contribution in [0.15, 0.2) is 29.2 Å². The van der Waals surface area contributed by atoms with E-state index in [1.807, 2.05) is 27.7 Å². The lowest BCUT2D eigenvalue weighted by Gasteiger charge is -2.47. The van der Waals surface area contributed by atoms with Gasteiger partial charge in [0.1, 0.15) is 17.2 Å². The topological polar surface area (TPSA) is 101 Å². The average molecular weight is 461 g/mol. The van der Waals surface area contributed by atoms with E-state index in [0.29, 0.717) is 6.07 Å². The Morgan fingerprint density at radius 2 is 2.00 bits per heavy atom. The first-order valence-corrected chi connectivity index (χ1v) is 10.5. The van der Waals surface area contributed by atoms with Crippen LogP contribution < -0.4 is 10.7 Å². The number of benzene rings is 1. The van der Waals surface area contributed by atoms with Crippen molar-refractivity contribution in [2.45, 2.75) is 52.6 Å². The van der Waals surface area contributed by atoms with Crippen LogP contribution >= 0.6 is 0 Å². The number of carbonyl (C=O) groups is 2. The number of hydrogen-bond donors (Lipinski definition) is 2. The molecule has 1 aromatic heterocycles. The lowest BCUT2D eigenvalue weighted by atomic mass is 9.74. The van der Waals surface area contributed by atoms with Crippen LogP contribution in [0.1, 0.15) is 54.1 Å². The van der Waals surface area contributed by atoms with E-state index < -0.39 is 52.0 Å². The number of amides is 2. The normalized spacial score (nSPS) is 22.2. The van der Waals surface area contributed by atoms with Gasteiger partial charge in [-0.3, -0.25) is 14.4 Å². The Morgan fingerprint density at radius 3 is 2.64 bits per heavy atom. The number of pyridine rings is 1. The van der Waals surface area contributed by atoms with Crippen molar-refractivity contribution >= 4 is 11.8 Å². The molecule has 0 radical (unpaired) electrons. The van der Waals surface area contributed by atoms with Crippen LogP contribution in [0, 0.1) is 17.0 Å². The Morgan fingerprint density at radius 1 is 1.30 bits per heavy atom. The first-order valence-electron chi connectivity index (χ1n) is 10.5. The summed E-state index contributed by atoms with van der Waals surface area (Å²) in [5.41, 5.74) is -2.61. The molecule has 8 nitrogen and oxygen atoms in total. The van der Waals surface area contributed by atoms with E-state index >= 15 is 0 Å². The monoisotopic (exact) mass is 461 g/mol. The second-order valence-electron chi connectivity index (χ2n) is 9.60. The molecule has 1 aromatic carbocycles. The maximum absolute atomic E-state index is 13.8. The fourth-order valence-corrected chi connectivity index (χ4v) is 4.19. The summed E-state index contributed by atoms with van der Waals surface area (Å²) in [7, 11) is 0. The molecule has 2 aliphatic heterocycles. The Kier molecular flexibility index (Phi) is 5.31. The number of carbonyl (C=O) groups excluding carboxylic acids is 2. The summed E-state index contributed by atoms with van der Waals surface area (Å²) in [4.78, 5) is 40.3. The maximum atomic E-state index is 13.8. The third-order valence-corrected chi connectivity index (χ3v) is 6.72. The smallest absolute Gasteiger partial charge is 0.277 e. The van der Waals surface area contributed by atoms with Gasteiger partial charge in [0.15, 0.2) is 17.7 Å². The van der Waals surface area contributed by atoms with E-state index in [9.17, 15) is 28.3 Å². The van der Waals surface area contributed by atoms with Gasteiger partial charge in [-0.05, 0) is 18.4 Å². The van der Waals surface area contributed by atoms with Gasteiger partial charge in [0, 0.05) is 24.4 Å². The van der Waals surface area contributed by atoms with Crippen LogP contribution in [0.4, 0.5) is 8.78 Å². The molecule has 2 aromatic rings. The van der Waals surface area contributed by atoms with Crippen LogP contribution in [-0.4, -0.2) is 44.8 Å². The molecule has 33 heavy (non-hydrogen) atoms. The third kappa shape index (κ3) is 3.58. The van der Waals surface area contributed by atoms with Crippen molar-refractivity contribution < 1.29 is 28.2 Å². The summed E-state index contributed by atoms with van der Waals surface area (Å²) in [6.07, 6.45) is 0.569. The van der Waals surface area contributed by atoms with Crippen molar-refractivity contribution in [2.75, 3.05) is 6.61 Å². The Hall–Kier alpha value is -3.27. The van der Waals surface area contributed by atoms with Gasteiger partial charge in [0.2, 0.25) is 5.43 Å². The number of fused-ring (bicyclic) bond motifs is 2. The molecule has 0 aliphatic carbocycles. The highest BCUT2D eigenvalue weighted by Crippen LogP contribution is 2.44. The van der Waals surface area contributed by atoms with Crippen molar-refractivity contribution in [3.63, 3.8) is 0 Å². The van der Waals surface area contributed by atoms with Gasteiger partial charge in [-0.25, -0.2) is 8.78 Å². The molecule has 0 spiro atoms. The predicted octanol–water partition coefficient (Wildman–Crippen LogP) is 2.38. The van der Waals surface area contributed by atoms with E-state index in [4.69, 9.17) is 4.74 Å². The molecule has 0 bridgehead atoms. The number of hydrogen-bond acceptors (Lipinski definition) is 5. The summed E-state index contributed by atoms with van der Waals surface area (Å²) in [5.74, 6) is -3.85. The van der Waals surface area contributed by atoms with Gasteiger partial charge < -0.3 is 24.6 Å². The molecule has 4 rings (SSSR count). The van der Waals surface area contributed by atoms with Crippen LogP contribution in [-0.2, 0) is 17.8 Å². The van der Waals surface area contributed by atoms with Gasteiger partial charge in [-0.1, -0.05) is 26.8 Å². The van der Waals surface area contributed by atoms with Gasteiger partial charge in [0.05, 0.1) is 18.7 Å². The quantitative estimate of drug-likeness (QED) is 0.731. The van der Waals surface area contributed by atoms with Gasteiger partial charge >= 0.3 is 0 Å². The minimum Gasteiger partial charge on any atom is -0.503 e. The number of nitrogens with zero attached hydrogens (tertiary/aromatic N) is 2. The molecular weight excluding hydrogens is 436 g/mol. The summed E-state index contributed by atoms with van der Waals surface area (Å²) in [6, 6.07) is 2.92. The molecular formula is C23H25F2N3O5. The fraction of sp³-hybridized carbons (Fsp3) is 0.435. The van der Waals surface area contributed by atoms with Crippen molar-refractivity contribution in [1.29, 1.82) is 0 Å². The van der Waals surface area contributed by atoms with E-state index in [0.717, 1.165) is 6.07 Å². The Balaban J connectivity index is 1.65. The second kappa shape index (κ2) is 7.65. The minimum absolute atomic E-state index is 0.0266. The lowest BCUT2D eigenvalue weighted by molar-refractivity contribution is -0.0116. The van der Waals surface area contributed by atoms with Crippen LogP contribution in [0.25, 0.3) is 0 Å². The number of nitrogens with one attached hydrogen (secondary N) is 1. The summed E-state index contributed by atoms with van der Waals surface area (Å²) < 4.78 is 34.1. The number of aromatic hydroxyl groups is 1. The van der Waals surface area contributed by atoms with E-state index in [1.54, 1.807) is 4.90 Å². The summed E-state index contributed by atoms with van der Waals surface area (Å²) in [5, 5.41) is 13.0. The zero-order valence-corrected chi connectivity index (χ0v) is 18.7. The molecule has 2 N–H and O–H groups in total. The number of aromatic nitrogens is 1. The SMILES string of the molecule is CC(C)(C)[C@@]1(C)CO[C@@H]2Cn3cc(C(=O)NCc4ccc(F)cc4F)c(=O)c(O)c3C(=O)N21. The zero-order chi connectivity index (χ0) is 24.3. The highest BCUT2D eigenvalue weighted by atomic mass is 19.1. The predicted molar refractivity (Wildman–Crippen MR) is 114 cm³/mol. The first-order chi connectivity index (χ1) is 15.3. The number of ether oxygens (including phenoxy) is 1. The van der Waals surface area contributed by atoms with Crippen molar-refractivity contribution in [3.8, 4) is 5.75 Å². The van der Waals surface area contributed by atoms with Crippen molar-refractivity contribution in [1.82, 2.24) is 14.8 Å². The number of rotatable bonds is 3. The zero-order valence-electron chi connectivity index (χ0n) is 18.7. The first kappa shape index (κ1) is 22.9. The van der Waals surface area contributed by atoms with Gasteiger partial charge in [-0.2, -0.15) is 0 Å². The molecule has 3 heterocycles. The fourth-order valence-electron chi connectivity index (χ4n) is 4.19. The third-order valence-electron chi connectivity index (χ3n) is 6.72. The largest absolute Gasteiger partial charge is 0.503 e. The van der Waals surface area contributed by atoms with Crippen LogP contribution in [0.3, 0.4) is 0 Å². The molecule has 2 aliphatic rings. The lowest BCUT2D eigenvalue weighted by Crippen LogP contribution is -2.60. The molecule has 0 unspecified atom stereocenters. The van der Waals surface area contributed by atoms with E-state index in [1.165, 1.54) is 16.8 Å². The van der Waals surface area contributed by atoms with Gasteiger partial charge in [0.25, 0.3) is 11.8 Å². The Labute approximate surface area is 188 Å². The van der Waals surface area contributed by atoms with E-state index in [-0.39, 0.29) is 36.4 Å². The molecule has 2 amide bonds. The molecule has 1 fully saturated rings. The van der Waals surface area contributed by atoms with Gasteiger partial charge in [-0.15, -0.1) is 0 Å². The Bertz CT molecular complexity index is 1220. The number of halogens is 2. The highest BCUT2D eigenvalue weighted by Gasteiger charge is 2.56. The standard InChI is InChI=1S/C23H25F2N3O5/c1-22(2,3)23(4)11-33-16-10-27-9-14(18(29)19(30)17(27)21(32)28(16)23)20(31)26-8-12-5-6-13(24)7-15(12)25/h5-7,9,16,30H,8,10-11H2,1-4H3,(H,26,31)/t16-,23-/m1/s1. The minimum atomic E-state index is -1.01. The molecule has 2 atom stereocenters. The average Bonchev–Trinajstić information content (AvgIpc) is 3.08. The molecule has 0 saturated carbocycles. The molecule has 1 saturated heterocycles. The van der Waals surface area contributed by atoms with Crippen molar-refractivity contribution in [2.24, 2.45) is 5.41 Å². The maximum Gasteiger partial charge on any atom is 0.277 e. The molecule has 176 valence electrons. The second-order valence-corrected chi connectivity index (χ2v) is 9.60. The summed E-state index contributed by atoms with van der Waals surface area (Å²) >= 11 is 0. The highest BCUT2D eigenvalue weighted by molar-refractivity contribution is 5.99. The van der Waals surface area contributed by atoms with Crippen LogP contribution in [0.5, 0.6) is 5.75 Å².